The molecule has 2 heterocycles. The van der Waals surface area contributed by atoms with Gasteiger partial charge in [0.2, 0.25) is 0 Å². The van der Waals surface area contributed by atoms with Gasteiger partial charge < -0.3 is 9.26 Å². The van der Waals surface area contributed by atoms with Crippen LogP contribution in [-0.4, -0.2) is 22.2 Å². The summed E-state index contributed by atoms with van der Waals surface area (Å²) in [4.78, 5) is 7.96. The smallest absolute Gasteiger partial charge is 0.136 e. The van der Waals surface area contributed by atoms with Crippen LogP contribution in [0.25, 0.3) is 22.5 Å². The molecular formula is C14H10FN3O2. The van der Waals surface area contributed by atoms with Gasteiger partial charge in [-0.05, 0) is 18.2 Å². The van der Waals surface area contributed by atoms with Gasteiger partial charge in [-0.1, -0.05) is 5.16 Å². The van der Waals surface area contributed by atoms with E-state index in [2.05, 4.69) is 15.1 Å². The lowest BCUT2D eigenvalue weighted by atomic mass is 10.1. The van der Waals surface area contributed by atoms with Gasteiger partial charge in [-0.2, -0.15) is 0 Å². The molecule has 3 rings (SSSR count). The SMILES string of the molecule is COc1ccc(-c2nocc2-c2ccncn2)c(F)c1. The normalized spacial score (nSPS) is 10.5. The second kappa shape index (κ2) is 5.08. The molecule has 0 aliphatic rings. The van der Waals surface area contributed by atoms with Crippen molar-refractivity contribution in [1.82, 2.24) is 15.1 Å². The standard InChI is InChI=1S/C14H10FN3O2/c1-19-9-2-3-10(12(15)6-9)14-11(7-20-18-14)13-4-5-16-8-17-13/h2-8H,1H3. The quantitative estimate of drug-likeness (QED) is 0.733. The van der Waals surface area contributed by atoms with E-state index in [1.54, 1.807) is 24.4 Å². The summed E-state index contributed by atoms with van der Waals surface area (Å²) in [6.07, 6.45) is 4.45. The highest BCUT2D eigenvalue weighted by molar-refractivity contribution is 5.78. The molecule has 20 heavy (non-hydrogen) atoms. The van der Waals surface area contributed by atoms with E-state index in [4.69, 9.17) is 9.26 Å². The number of nitrogens with zero attached hydrogens (tertiary/aromatic N) is 3. The van der Waals surface area contributed by atoms with Crippen molar-refractivity contribution in [2.45, 2.75) is 0 Å². The summed E-state index contributed by atoms with van der Waals surface area (Å²) in [5.41, 5.74) is 1.94. The van der Waals surface area contributed by atoms with Gasteiger partial charge in [0.15, 0.2) is 0 Å². The van der Waals surface area contributed by atoms with Gasteiger partial charge in [0, 0.05) is 17.8 Å². The Balaban J connectivity index is 2.11. The molecule has 0 aliphatic carbocycles. The maximum absolute atomic E-state index is 14.1. The zero-order valence-corrected chi connectivity index (χ0v) is 10.6. The van der Waals surface area contributed by atoms with Gasteiger partial charge >= 0.3 is 0 Å². The van der Waals surface area contributed by atoms with E-state index in [1.807, 2.05) is 0 Å². The Morgan fingerprint density at radius 2 is 2.10 bits per heavy atom. The third-order valence-corrected chi connectivity index (χ3v) is 2.86. The van der Waals surface area contributed by atoms with Gasteiger partial charge in [0.1, 0.15) is 29.9 Å². The van der Waals surface area contributed by atoms with Crippen molar-refractivity contribution in [3.05, 3.63) is 48.9 Å². The fraction of sp³-hybridized carbons (Fsp3) is 0.0714. The van der Waals surface area contributed by atoms with Crippen LogP contribution in [0.15, 0.2) is 47.6 Å². The molecule has 0 bridgehead atoms. The number of aromatic nitrogens is 3. The molecule has 0 unspecified atom stereocenters. The highest BCUT2D eigenvalue weighted by Crippen LogP contribution is 2.32. The number of rotatable bonds is 3. The minimum atomic E-state index is -0.437. The van der Waals surface area contributed by atoms with E-state index in [0.29, 0.717) is 28.3 Å². The Morgan fingerprint density at radius 3 is 2.80 bits per heavy atom. The average molecular weight is 271 g/mol. The summed E-state index contributed by atoms with van der Waals surface area (Å²) in [6, 6.07) is 6.26. The number of halogens is 1. The highest BCUT2D eigenvalue weighted by Gasteiger charge is 2.17. The molecule has 0 radical (unpaired) electrons. The van der Waals surface area contributed by atoms with Crippen molar-refractivity contribution in [1.29, 1.82) is 0 Å². The largest absolute Gasteiger partial charge is 0.497 e. The van der Waals surface area contributed by atoms with Crippen molar-refractivity contribution in [3.63, 3.8) is 0 Å². The Bertz CT molecular complexity index is 728. The second-order valence-corrected chi connectivity index (χ2v) is 4.02. The van der Waals surface area contributed by atoms with E-state index >= 15 is 0 Å². The fourth-order valence-corrected chi connectivity index (χ4v) is 1.88. The van der Waals surface area contributed by atoms with Crippen LogP contribution < -0.4 is 4.74 Å². The lowest BCUT2D eigenvalue weighted by Gasteiger charge is -2.04. The first-order valence-electron chi connectivity index (χ1n) is 5.84. The Morgan fingerprint density at radius 1 is 1.20 bits per heavy atom. The topological polar surface area (TPSA) is 61.0 Å². The summed E-state index contributed by atoms with van der Waals surface area (Å²) in [5, 5.41) is 3.86. The summed E-state index contributed by atoms with van der Waals surface area (Å²) < 4.78 is 24.0. The molecule has 2 aromatic heterocycles. The van der Waals surface area contributed by atoms with Crippen LogP contribution in [0.5, 0.6) is 5.75 Å². The first kappa shape index (κ1) is 12.3. The molecule has 6 heteroatoms. The number of hydrogen-bond donors (Lipinski definition) is 0. The summed E-state index contributed by atoms with van der Waals surface area (Å²) >= 11 is 0. The average Bonchev–Trinajstić information content (AvgIpc) is 2.97. The predicted molar refractivity (Wildman–Crippen MR) is 69.5 cm³/mol. The molecule has 0 fully saturated rings. The maximum atomic E-state index is 14.1. The van der Waals surface area contributed by atoms with Gasteiger partial charge in [-0.3, -0.25) is 0 Å². The first-order valence-corrected chi connectivity index (χ1v) is 5.84. The molecule has 0 spiro atoms. The Kier molecular flexibility index (Phi) is 3.12. The molecule has 3 aromatic rings. The monoisotopic (exact) mass is 271 g/mol. The van der Waals surface area contributed by atoms with Crippen molar-refractivity contribution in [2.24, 2.45) is 0 Å². The van der Waals surface area contributed by atoms with E-state index in [-0.39, 0.29) is 0 Å². The maximum Gasteiger partial charge on any atom is 0.136 e. The van der Waals surface area contributed by atoms with Gasteiger partial charge in [-0.25, -0.2) is 14.4 Å². The molecular weight excluding hydrogens is 261 g/mol. The lowest BCUT2D eigenvalue weighted by Crippen LogP contribution is -1.91. The summed E-state index contributed by atoms with van der Waals surface area (Å²) in [7, 11) is 1.48. The van der Waals surface area contributed by atoms with Crippen molar-refractivity contribution < 1.29 is 13.7 Å². The van der Waals surface area contributed by atoms with Gasteiger partial charge in [-0.15, -0.1) is 0 Å². The number of hydrogen-bond acceptors (Lipinski definition) is 5. The van der Waals surface area contributed by atoms with E-state index in [0.717, 1.165) is 0 Å². The molecule has 0 amide bonds. The summed E-state index contributed by atoms with van der Waals surface area (Å²) in [6.45, 7) is 0. The predicted octanol–water partition coefficient (Wildman–Crippen LogP) is 2.95. The minimum Gasteiger partial charge on any atom is -0.497 e. The lowest BCUT2D eigenvalue weighted by molar-refractivity contribution is 0.411. The van der Waals surface area contributed by atoms with Crippen molar-refractivity contribution in [3.8, 4) is 28.3 Å². The number of benzene rings is 1. The van der Waals surface area contributed by atoms with Gasteiger partial charge in [0.25, 0.3) is 0 Å². The van der Waals surface area contributed by atoms with Crippen molar-refractivity contribution in [2.75, 3.05) is 7.11 Å². The van der Waals surface area contributed by atoms with Crippen LogP contribution in [0, 0.1) is 5.82 Å². The van der Waals surface area contributed by atoms with Crippen LogP contribution >= 0.6 is 0 Å². The van der Waals surface area contributed by atoms with Crippen LogP contribution in [0.1, 0.15) is 0 Å². The highest BCUT2D eigenvalue weighted by atomic mass is 19.1. The first-order chi connectivity index (χ1) is 9.79. The molecule has 0 saturated carbocycles. The van der Waals surface area contributed by atoms with Gasteiger partial charge in [0.05, 0.1) is 18.4 Å². The number of methoxy groups -OCH3 is 1. The van der Waals surface area contributed by atoms with E-state index in [9.17, 15) is 4.39 Å². The Hall–Kier alpha value is -2.76. The third kappa shape index (κ3) is 2.11. The molecule has 100 valence electrons. The van der Waals surface area contributed by atoms with Crippen LogP contribution in [-0.2, 0) is 0 Å². The Labute approximate surface area is 114 Å². The fourth-order valence-electron chi connectivity index (χ4n) is 1.88. The zero-order valence-electron chi connectivity index (χ0n) is 10.6. The third-order valence-electron chi connectivity index (χ3n) is 2.86. The molecule has 0 aliphatic heterocycles. The van der Waals surface area contributed by atoms with E-state index in [1.165, 1.54) is 25.8 Å². The molecule has 5 nitrogen and oxygen atoms in total. The second-order valence-electron chi connectivity index (χ2n) is 4.02. The number of ether oxygens (including phenoxy) is 1. The molecule has 0 atom stereocenters. The van der Waals surface area contributed by atoms with Crippen LogP contribution in [0.2, 0.25) is 0 Å². The van der Waals surface area contributed by atoms with Crippen LogP contribution in [0.4, 0.5) is 4.39 Å². The van der Waals surface area contributed by atoms with E-state index < -0.39 is 5.82 Å². The molecule has 1 aromatic carbocycles. The minimum absolute atomic E-state index is 0.327. The molecule has 0 saturated heterocycles. The van der Waals surface area contributed by atoms with Crippen LogP contribution in [0.3, 0.4) is 0 Å². The zero-order chi connectivity index (χ0) is 13.9. The van der Waals surface area contributed by atoms with Crippen molar-refractivity contribution >= 4 is 0 Å². The summed E-state index contributed by atoms with van der Waals surface area (Å²) in [5.74, 6) is 0.00638. The molecule has 0 N–H and O–H groups in total.